The van der Waals surface area contributed by atoms with Crippen molar-refractivity contribution in [3.8, 4) is 0 Å². The largest absolute Gasteiger partial charge is 0.399 e. The average Bonchev–Trinajstić information content (AvgIpc) is 3.22. The van der Waals surface area contributed by atoms with Gasteiger partial charge in [0, 0.05) is 12.3 Å². The van der Waals surface area contributed by atoms with Crippen LogP contribution in [-0.4, -0.2) is 6.61 Å². The van der Waals surface area contributed by atoms with Gasteiger partial charge in [-0.15, -0.1) is 0 Å². The highest BCUT2D eigenvalue weighted by Gasteiger charge is 2.60. The lowest BCUT2D eigenvalue weighted by Gasteiger charge is -2.61. The summed E-state index contributed by atoms with van der Waals surface area (Å²) in [5.74, 6) is 6.61. The molecule has 9 atom stereocenters. The van der Waals surface area contributed by atoms with Gasteiger partial charge < -0.3 is 10.5 Å². The van der Waals surface area contributed by atoms with Gasteiger partial charge in [0.15, 0.2) is 0 Å². The van der Waals surface area contributed by atoms with Gasteiger partial charge in [0.25, 0.3) is 0 Å². The summed E-state index contributed by atoms with van der Waals surface area (Å²) in [6.07, 6.45) is 19.3. The third kappa shape index (κ3) is 5.14. The van der Waals surface area contributed by atoms with E-state index in [0.717, 1.165) is 47.8 Å². The molecule has 2 unspecified atom stereocenters. The Morgan fingerprint density at radius 2 is 1.64 bits per heavy atom. The van der Waals surface area contributed by atoms with E-state index in [1.807, 2.05) is 12.1 Å². The van der Waals surface area contributed by atoms with Crippen LogP contribution in [0, 0.1) is 52.3 Å². The third-order valence-corrected chi connectivity index (χ3v) is 12.4. The highest BCUT2D eigenvalue weighted by molar-refractivity contribution is 5.39. The van der Waals surface area contributed by atoms with E-state index in [1.165, 1.54) is 76.2 Å². The summed E-state index contributed by atoms with van der Waals surface area (Å²) in [4.78, 5) is 0. The van der Waals surface area contributed by atoms with Gasteiger partial charge in [-0.25, -0.2) is 0 Å². The topological polar surface area (TPSA) is 35.2 Å². The monoisotopic (exact) mass is 493 g/mol. The number of hydrogen-bond acceptors (Lipinski definition) is 2. The number of hydrogen-bond donors (Lipinski definition) is 1. The minimum atomic E-state index is 0.617. The number of nitrogen functional groups attached to an aromatic ring is 1. The van der Waals surface area contributed by atoms with E-state index in [1.54, 1.807) is 12.8 Å². The molecule has 0 aromatic heterocycles. The van der Waals surface area contributed by atoms with Crippen molar-refractivity contribution in [2.45, 2.75) is 118 Å². The fourth-order valence-electron chi connectivity index (χ4n) is 10.3. The molecular formula is C34H55NO. The van der Waals surface area contributed by atoms with Crippen LogP contribution in [0.4, 0.5) is 5.69 Å². The van der Waals surface area contributed by atoms with Crippen LogP contribution in [0.1, 0.15) is 117 Å². The predicted octanol–water partition coefficient (Wildman–Crippen LogP) is 9.28. The molecule has 2 N–H and O–H groups in total. The minimum Gasteiger partial charge on any atom is -0.399 e. The van der Waals surface area contributed by atoms with Crippen LogP contribution in [0.25, 0.3) is 0 Å². The molecule has 4 fully saturated rings. The van der Waals surface area contributed by atoms with E-state index < -0.39 is 0 Å². The first-order valence-corrected chi connectivity index (χ1v) is 15.7. The normalized spacial score (nSPS) is 39.6. The zero-order valence-electron chi connectivity index (χ0n) is 23.9. The Hall–Kier alpha value is -1.02. The van der Waals surface area contributed by atoms with Crippen molar-refractivity contribution < 1.29 is 4.74 Å². The zero-order chi connectivity index (χ0) is 25.3. The molecule has 202 valence electrons. The summed E-state index contributed by atoms with van der Waals surface area (Å²) in [7, 11) is 0. The smallest absolute Gasteiger partial charge is 0.0717 e. The molecule has 0 radical (unpaired) electrons. The Morgan fingerprint density at radius 3 is 2.44 bits per heavy atom. The standard InChI is InChI=1S/C34H55NO/c1-24(22-36-23-26-11-14-28(35)15-12-26)8-7-9-25(2)30-17-18-31-29-16-13-27-10-5-6-20-33(27,3)32(29)19-21-34(30,31)4/h11-12,14-15,24-25,27,29-32H,5-10,13,16-23,35H2,1-4H3/t24?,25-,27?,29+,30-,31+,32+,33+,34-/m1/s1. The minimum absolute atomic E-state index is 0.617. The number of fused-ring (bicyclic) bond motifs is 5. The molecule has 0 aliphatic heterocycles. The fourth-order valence-corrected chi connectivity index (χ4v) is 10.3. The van der Waals surface area contributed by atoms with Crippen LogP contribution in [0.3, 0.4) is 0 Å². The van der Waals surface area contributed by atoms with Crippen molar-refractivity contribution in [2.75, 3.05) is 12.3 Å². The summed E-state index contributed by atoms with van der Waals surface area (Å²) >= 11 is 0. The molecule has 4 saturated carbocycles. The molecule has 0 heterocycles. The number of nitrogens with two attached hydrogens (primary N) is 1. The lowest BCUT2D eigenvalue weighted by atomic mass is 9.44. The van der Waals surface area contributed by atoms with Crippen LogP contribution in [-0.2, 0) is 11.3 Å². The first-order valence-electron chi connectivity index (χ1n) is 15.7. The predicted molar refractivity (Wildman–Crippen MR) is 153 cm³/mol. The Labute approximate surface area is 222 Å². The van der Waals surface area contributed by atoms with E-state index in [0.29, 0.717) is 23.4 Å². The van der Waals surface area contributed by atoms with Crippen LogP contribution >= 0.6 is 0 Å². The Kier molecular flexibility index (Phi) is 8.12. The number of rotatable bonds is 9. The van der Waals surface area contributed by atoms with Crippen LogP contribution in [0.2, 0.25) is 0 Å². The fraction of sp³-hybridized carbons (Fsp3) is 0.824. The van der Waals surface area contributed by atoms with Gasteiger partial charge in [-0.2, -0.15) is 0 Å². The van der Waals surface area contributed by atoms with Gasteiger partial charge in [-0.3, -0.25) is 0 Å². The van der Waals surface area contributed by atoms with Gasteiger partial charge in [0.2, 0.25) is 0 Å². The highest BCUT2D eigenvalue weighted by Crippen LogP contribution is 2.68. The molecule has 4 aliphatic carbocycles. The Balaban J connectivity index is 1.09. The Bertz CT molecular complexity index is 849. The molecular weight excluding hydrogens is 438 g/mol. The molecule has 36 heavy (non-hydrogen) atoms. The quantitative estimate of drug-likeness (QED) is 0.348. The first-order chi connectivity index (χ1) is 17.3. The molecule has 2 nitrogen and oxygen atoms in total. The van der Waals surface area contributed by atoms with Crippen molar-refractivity contribution in [3.05, 3.63) is 29.8 Å². The lowest BCUT2D eigenvalue weighted by Crippen LogP contribution is -2.53. The molecule has 0 saturated heterocycles. The average molecular weight is 494 g/mol. The molecule has 0 bridgehead atoms. The van der Waals surface area contributed by atoms with E-state index in [4.69, 9.17) is 10.5 Å². The second-order valence-electron chi connectivity index (χ2n) is 14.4. The van der Waals surface area contributed by atoms with Crippen molar-refractivity contribution in [1.82, 2.24) is 0 Å². The van der Waals surface area contributed by atoms with E-state index in [2.05, 4.69) is 39.8 Å². The van der Waals surface area contributed by atoms with Gasteiger partial charge in [-0.1, -0.05) is 65.5 Å². The number of anilines is 1. The first kappa shape index (κ1) is 26.6. The third-order valence-electron chi connectivity index (χ3n) is 12.4. The van der Waals surface area contributed by atoms with Crippen molar-refractivity contribution in [1.29, 1.82) is 0 Å². The van der Waals surface area contributed by atoms with Crippen molar-refractivity contribution in [3.63, 3.8) is 0 Å². The number of ether oxygens (including phenoxy) is 1. The van der Waals surface area contributed by atoms with Gasteiger partial charge in [0.05, 0.1) is 6.61 Å². The second-order valence-corrected chi connectivity index (χ2v) is 14.4. The maximum absolute atomic E-state index is 6.02. The maximum atomic E-state index is 6.02. The molecule has 4 aliphatic rings. The van der Waals surface area contributed by atoms with Gasteiger partial charge >= 0.3 is 0 Å². The summed E-state index contributed by atoms with van der Waals surface area (Å²) in [5.41, 5.74) is 9.12. The van der Waals surface area contributed by atoms with Crippen LogP contribution < -0.4 is 5.73 Å². The molecule has 1 aromatic carbocycles. The van der Waals surface area contributed by atoms with E-state index in [9.17, 15) is 0 Å². The summed E-state index contributed by atoms with van der Waals surface area (Å²) in [6, 6.07) is 8.08. The molecule has 2 heteroatoms. The maximum Gasteiger partial charge on any atom is 0.0717 e. The SMILES string of the molecule is CC(CCC[C@@H](C)[C@H]1CC[C@H]2[C@@H]3CCC4CCCC[C@]4(C)[C@H]3CC[C@]12C)COCc1ccc(N)cc1. The van der Waals surface area contributed by atoms with E-state index in [-0.39, 0.29) is 0 Å². The molecule has 0 spiro atoms. The van der Waals surface area contributed by atoms with Crippen molar-refractivity contribution in [2.24, 2.45) is 52.3 Å². The highest BCUT2D eigenvalue weighted by atomic mass is 16.5. The second kappa shape index (κ2) is 11.0. The van der Waals surface area contributed by atoms with Crippen LogP contribution in [0.5, 0.6) is 0 Å². The molecule has 5 rings (SSSR count). The summed E-state index contributed by atoms with van der Waals surface area (Å²) < 4.78 is 6.02. The van der Waals surface area contributed by atoms with E-state index >= 15 is 0 Å². The lowest BCUT2D eigenvalue weighted by molar-refractivity contribution is -0.114. The molecule has 0 amide bonds. The zero-order valence-corrected chi connectivity index (χ0v) is 23.9. The van der Waals surface area contributed by atoms with Crippen molar-refractivity contribution >= 4 is 5.69 Å². The molecule has 1 aromatic rings. The summed E-state index contributed by atoms with van der Waals surface area (Å²) in [5, 5.41) is 0. The Morgan fingerprint density at radius 1 is 0.861 bits per heavy atom. The van der Waals surface area contributed by atoms with Crippen LogP contribution in [0.15, 0.2) is 24.3 Å². The van der Waals surface area contributed by atoms with Gasteiger partial charge in [-0.05, 0) is 128 Å². The summed E-state index contributed by atoms with van der Waals surface area (Å²) in [6.45, 7) is 12.0. The van der Waals surface area contributed by atoms with Gasteiger partial charge in [0.1, 0.15) is 0 Å². The number of benzene rings is 1.